The lowest BCUT2D eigenvalue weighted by atomic mass is 10.1. The van der Waals surface area contributed by atoms with Gasteiger partial charge >= 0.3 is 0 Å². The average Bonchev–Trinajstić information content (AvgIpc) is 3.10. The predicted molar refractivity (Wildman–Crippen MR) is 113 cm³/mol. The Labute approximate surface area is 179 Å². The molecule has 2 fully saturated rings. The highest BCUT2D eigenvalue weighted by Gasteiger charge is 2.36. The summed E-state index contributed by atoms with van der Waals surface area (Å²) in [6.07, 6.45) is 2.37. The zero-order valence-electron chi connectivity index (χ0n) is 15.3. The van der Waals surface area contributed by atoms with Gasteiger partial charge in [0.2, 0.25) is 11.8 Å². The first-order valence-electron chi connectivity index (χ1n) is 9.37. The lowest BCUT2D eigenvalue weighted by Crippen LogP contribution is -2.28. The Balaban J connectivity index is 1.30. The summed E-state index contributed by atoms with van der Waals surface area (Å²) < 4.78 is 6.28. The third kappa shape index (κ3) is 3.72. The Kier molecular flexibility index (Phi) is 4.71. The number of halogens is 1. The number of hydrogen-bond donors (Lipinski definition) is 1. The van der Waals surface area contributed by atoms with Crippen LogP contribution in [-0.4, -0.2) is 28.5 Å². The van der Waals surface area contributed by atoms with Crippen molar-refractivity contribution in [3.05, 3.63) is 46.0 Å². The van der Waals surface area contributed by atoms with Crippen molar-refractivity contribution in [2.24, 2.45) is 5.92 Å². The molecule has 0 bridgehead atoms. The largest absolute Gasteiger partial charge is 0.333 e. The first-order chi connectivity index (χ1) is 14.1. The topological polar surface area (TPSA) is 88.3 Å². The summed E-state index contributed by atoms with van der Waals surface area (Å²) in [5.41, 5.74) is 1.42. The van der Waals surface area contributed by atoms with Gasteiger partial charge in [-0.25, -0.2) is 0 Å². The molecule has 3 aromatic rings. The van der Waals surface area contributed by atoms with E-state index < -0.39 is 5.92 Å². The minimum absolute atomic E-state index is 0.0558. The molecule has 29 heavy (non-hydrogen) atoms. The highest BCUT2D eigenvalue weighted by Crippen LogP contribution is 2.40. The van der Waals surface area contributed by atoms with Crippen molar-refractivity contribution in [3.63, 3.8) is 0 Å². The maximum Gasteiger partial charge on any atom is 0.270 e. The highest BCUT2D eigenvalue weighted by molar-refractivity contribution is 9.10. The molecule has 1 atom stereocenters. The van der Waals surface area contributed by atoms with Gasteiger partial charge in [0.05, 0.1) is 11.6 Å². The second-order valence-corrected chi connectivity index (χ2v) is 9.10. The third-order valence-corrected chi connectivity index (χ3v) is 6.51. The van der Waals surface area contributed by atoms with Gasteiger partial charge in [-0.3, -0.25) is 9.59 Å². The number of amides is 2. The van der Waals surface area contributed by atoms with Gasteiger partial charge in [-0.2, -0.15) is 4.98 Å². The van der Waals surface area contributed by atoms with Crippen LogP contribution in [-0.2, 0) is 9.59 Å². The Morgan fingerprint density at radius 2 is 2.17 bits per heavy atom. The van der Waals surface area contributed by atoms with E-state index in [-0.39, 0.29) is 18.2 Å². The highest BCUT2D eigenvalue weighted by atomic mass is 79.9. The number of rotatable bonds is 5. The van der Waals surface area contributed by atoms with Crippen LogP contribution in [0.25, 0.3) is 10.8 Å². The first kappa shape index (κ1) is 18.5. The molecular weight excluding hydrogens is 456 g/mol. The summed E-state index contributed by atoms with van der Waals surface area (Å²) in [4.78, 5) is 32.2. The molecule has 3 heterocycles. The second-order valence-electron chi connectivity index (χ2n) is 7.27. The smallest absolute Gasteiger partial charge is 0.270 e. The Bertz CT molecular complexity index is 1090. The van der Waals surface area contributed by atoms with Gasteiger partial charge in [-0.15, -0.1) is 11.3 Å². The number of aromatic nitrogens is 2. The SMILES string of the molecule is O=C(Nc1ccsc1-c1nc(C2CC2)no1)C1CC(=O)N(c2cccc(Br)c2)C1. The molecule has 1 N–H and O–H groups in total. The summed E-state index contributed by atoms with van der Waals surface area (Å²) in [5, 5.41) is 8.86. The van der Waals surface area contributed by atoms with E-state index in [1.807, 2.05) is 35.7 Å². The summed E-state index contributed by atoms with van der Waals surface area (Å²) in [6.45, 7) is 0.354. The molecule has 1 aromatic carbocycles. The van der Waals surface area contributed by atoms with E-state index in [2.05, 4.69) is 31.4 Å². The molecule has 2 aromatic heterocycles. The zero-order valence-corrected chi connectivity index (χ0v) is 17.7. The molecule has 1 saturated carbocycles. The molecule has 9 heteroatoms. The molecule has 148 valence electrons. The fourth-order valence-electron chi connectivity index (χ4n) is 3.42. The fraction of sp³-hybridized carbons (Fsp3) is 0.300. The number of benzene rings is 1. The van der Waals surface area contributed by atoms with Gasteiger partial charge in [0.1, 0.15) is 4.88 Å². The maximum absolute atomic E-state index is 12.8. The van der Waals surface area contributed by atoms with Gasteiger partial charge < -0.3 is 14.7 Å². The van der Waals surface area contributed by atoms with Crippen LogP contribution in [0.15, 0.2) is 44.7 Å². The van der Waals surface area contributed by atoms with Crippen LogP contribution < -0.4 is 10.2 Å². The van der Waals surface area contributed by atoms with E-state index in [0.717, 1.165) is 33.7 Å². The molecule has 7 nitrogen and oxygen atoms in total. The Hall–Kier alpha value is -2.52. The quantitative estimate of drug-likeness (QED) is 0.593. The minimum Gasteiger partial charge on any atom is -0.333 e. The maximum atomic E-state index is 12.8. The van der Waals surface area contributed by atoms with Crippen molar-refractivity contribution in [1.82, 2.24) is 10.1 Å². The van der Waals surface area contributed by atoms with E-state index in [4.69, 9.17) is 4.52 Å². The van der Waals surface area contributed by atoms with Crippen LogP contribution >= 0.6 is 27.3 Å². The van der Waals surface area contributed by atoms with Crippen molar-refractivity contribution < 1.29 is 14.1 Å². The first-order valence-corrected chi connectivity index (χ1v) is 11.0. The summed E-state index contributed by atoms with van der Waals surface area (Å²) in [6, 6.07) is 9.34. The monoisotopic (exact) mass is 472 g/mol. The molecule has 1 aliphatic heterocycles. The van der Waals surface area contributed by atoms with Crippen molar-refractivity contribution in [2.45, 2.75) is 25.2 Å². The molecule has 2 aliphatic rings. The number of nitrogens with one attached hydrogen (secondary N) is 1. The number of hydrogen-bond acceptors (Lipinski definition) is 6. The van der Waals surface area contributed by atoms with Gasteiger partial charge in [0.25, 0.3) is 5.89 Å². The van der Waals surface area contributed by atoms with Crippen molar-refractivity contribution in [3.8, 4) is 10.8 Å². The number of thiophene rings is 1. The number of nitrogens with zero attached hydrogens (tertiary/aromatic N) is 3. The van der Waals surface area contributed by atoms with Crippen LogP contribution in [0.5, 0.6) is 0 Å². The summed E-state index contributed by atoms with van der Waals surface area (Å²) >= 11 is 4.86. The number of anilines is 2. The number of carbonyl (C=O) groups excluding carboxylic acids is 2. The van der Waals surface area contributed by atoms with Crippen molar-refractivity contribution in [1.29, 1.82) is 0 Å². The number of carbonyl (C=O) groups is 2. The third-order valence-electron chi connectivity index (χ3n) is 5.12. The lowest BCUT2D eigenvalue weighted by Gasteiger charge is -2.17. The molecular formula is C20H17BrN4O3S. The van der Waals surface area contributed by atoms with E-state index in [9.17, 15) is 9.59 Å². The van der Waals surface area contributed by atoms with Crippen LogP contribution in [0.3, 0.4) is 0 Å². The molecule has 0 spiro atoms. The van der Waals surface area contributed by atoms with Crippen LogP contribution in [0.4, 0.5) is 11.4 Å². The normalized spacial score (nSPS) is 19.0. The fourth-order valence-corrected chi connectivity index (χ4v) is 4.58. The van der Waals surface area contributed by atoms with Crippen molar-refractivity contribution in [2.75, 3.05) is 16.8 Å². The van der Waals surface area contributed by atoms with Gasteiger partial charge in [-0.1, -0.05) is 27.2 Å². The Morgan fingerprint density at radius 1 is 1.31 bits per heavy atom. The van der Waals surface area contributed by atoms with E-state index >= 15 is 0 Å². The predicted octanol–water partition coefficient (Wildman–Crippen LogP) is 4.43. The van der Waals surface area contributed by atoms with E-state index in [1.165, 1.54) is 11.3 Å². The van der Waals surface area contributed by atoms with Crippen LogP contribution in [0.2, 0.25) is 0 Å². The van der Waals surface area contributed by atoms with E-state index in [1.54, 1.807) is 4.90 Å². The zero-order chi connectivity index (χ0) is 20.0. The average molecular weight is 473 g/mol. The second kappa shape index (κ2) is 7.38. The summed E-state index contributed by atoms with van der Waals surface area (Å²) in [5.74, 6) is 0.905. The molecule has 0 radical (unpaired) electrons. The van der Waals surface area contributed by atoms with Crippen LogP contribution in [0, 0.1) is 5.92 Å². The van der Waals surface area contributed by atoms with Gasteiger partial charge in [0, 0.05) is 29.0 Å². The molecule has 1 unspecified atom stereocenters. The van der Waals surface area contributed by atoms with Gasteiger partial charge in [-0.05, 0) is 42.5 Å². The molecule has 2 amide bonds. The van der Waals surface area contributed by atoms with Gasteiger partial charge in [0.15, 0.2) is 5.82 Å². The lowest BCUT2D eigenvalue weighted by molar-refractivity contribution is -0.122. The van der Waals surface area contributed by atoms with Crippen LogP contribution in [0.1, 0.15) is 31.0 Å². The standard InChI is InChI=1S/C20H17BrN4O3S/c21-13-2-1-3-14(9-13)25-10-12(8-16(25)26)19(27)22-15-6-7-29-17(15)20-23-18(24-28-20)11-4-5-11/h1-3,6-7,9,11-12H,4-5,8,10H2,(H,22,27). The van der Waals surface area contributed by atoms with Crippen molar-refractivity contribution >= 4 is 50.5 Å². The summed E-state index contributed by atoms with van der Waals surface area (Å²) in [7, 11) is 0. The molecule has 1 aliphatic carbocycles. The molecule has 1 saturated heterocycles. The van der Waals surface area contributed by atoms with E-state index in [0.29, 0.717) is 24.0 Å². The Morgan fingerprint density at radius 3 is 2.97 bits per heavy atom. The minimum atomic E-state index is -0.418. The molecule has 5 rings (SSSR count).